The van der Waals surface area contributed by atoms with Crippen molar-refractivity contribution < 1.29 is 3.89 Å². The smallest absolute Gasteiger partial charge is 0.0812 e. The Morgan fingerprint density at radius 3 is 1.75 bits per heavy atom. The molecule has 0 amide bonds. The lowest BCUT2D eigenvalue weighted by molar-refractivity contribution is 0.934. The second-order valence-electron chi connectivity index (χ2n) is 4.55. The summed E-state index contributed by atoms with van der Waals surface area (Å²) in [7, 11) is 0. The second-order valence-corrected chi connectivity index (χ2v) is 5.17. The van der Waals surface area contributed by atoms with Crippen molar-refractivity contribution in [3.63, 3.8) is 0 Å². The van der Waals surface area contributed by atoms with Crippen LogP contribution in [0.15, 0.2) is 83.8 Å². The predicted octanol–water partition coefficient (Wildman–Crippen LogP) is 6.00. The Kier molecular flexibility index (Phi) is 3.84. The fourth-order valence-electron chi connectivity index (χ4n) is 2.21. The van der Waals surface area contributed by atoms with Crippen LogP contribution in [-0.4, -0.2) is 0 Å². The Bertz CT molecular complexity index is 690. The molecule has 2 heteroatoms. The summed E-state index contributed by atoms with van der Waals surface area (Å²) >= 11 is 0.278. The van der Waals surface area contributed by atoms with E-state index in [0.29, 0.717) is 4.90 Å². The SMILES string of the molecule is FSc1cccc(-c2ccc(-c3ccccc3)cc2)c1. The first kappa shape index (κ1) is 12.9. The monoisotopic (exact) mass is 280 g/mol. The lowest BCUT2D eigenvalue weighted by Gasteiger charge is -2.05. The van der Waals surface area contributed by atoms with Crippen LogP contribution >= 0.6 is 12.1 Å². The molecule has 0 saturated carbocycles. The van der Waals surface area contributed by atoms with Crippen molar-refractivity contribution in [3.8, 4) is 22.3 Å². The minimum atomic E-state index is 0.278. The van der Waals surface area contributed by atoms with Crippen molar-refractivity contribution in [1.82, 2.24) is 0 Å². The average molecular weight is 280 g/mol. The largest absolute Gasteiger partial charge is 0.160 e. The topological polar surface area (TPSA) is 0 Å². The summed E-state index contributed by atoms with van der Waals surface area (Å²) in [4.78, 5) is 0.634. The minimum Gasteiger partial charge on any atom is -0.160 e. The van der Waals surface area contributed by atoms with Gasteiger partial charge in [0.25, 0.3) is 0 Å². The quantitative estimate of drug-likeness (QED) is 0.567. The standard InChI is InChI=1S/C18H13FS/c19-20-18-8-4-7-17(13-18)16-11-9-15(10-12-16)14-5-2-1-3-6-14/h1-13H. The van der Waals surface area contributed by atoms with E-state index < -0.39 is 0 Å². The first-order chi connectivity index (χ1) is 9.86. The van der Waals surface area contributed by atoms with Crippen LogP contribution in [0.5, 0.6) is 0 Å². The van der Waals surface area contributed by atoms with E-state index in [4.69, 9.17) is 0 Å². The number of hydrogen-bond donors (Lipinski definition) is 0. The molecule has 0 N–H and O–H groups in total. The van der Waals surface area contributed by atoms with Crippen molar-refractivity contribution in [2.75, 3.05) is 0 Å². The van der Waals surface area contributed by atoms with Crippen LogP contribution in [0, 0.1) is 0 Å². The van der Waals surface area contributed by atoms with Crippen molar-refractivity contribution in [3.05, 3.63) is 78.9 Å². The van der Waals surface area contributed by atoms with Gasteiger partial charge in [-0.3, -0.25) is 0 Å². The van der Waals surface area contributed by atoms with E-state index in [-0.39, 0.29) is 12.1 Å². The average Bonchev–Trinajstić information content (AvgIpc) is 2.56. The van der Waals surface area contributed by atoms with Crippen LogP contribution in [-0.2, 0) is 0 Å². The van der Waals surface area contributed by atoms with Gasteiger partial charge in [0.2, 0.25) is 0 Å². The number of hydrogen-bond acceptors (Lipinski definition) is 1. The number of halogens is 1. The highest BCUT2D eigenvalue weighted by Gasteiger charge is 2.01. The molecule has 0 nitrogen and oxygen atoms in total. The zero-order chi connectivity index (χ0) is 13.8. The third-order valence-electron chi connectivity index (χ3n) is 3.25. The summed E-state index contributed by atoms with van der Waals surface area (Å²) in [6, 6.07) is 26.1. The molecule has 0 fully saturated rings. The molecule has 98 valence electrons. The molecule has 3 aromatic carbocycles. The third kappa shape index (κ3) is 2.75. The van der Waals surface area contributed by atoms with Gasteiger partial charge < -0.3 is 0 Å². The molecule has 0 bridgehead atoms. The Morgan fingerprint density at radius 2 is 1.10 bits per heavy atom. The molecule has 3 aromatic rings. The van der Waals surface area contributed by atoms with Gasteiger partial charge in [0.15, 0.2) is 0 Å². The van der Waals surface area contributed by atoms with Crippen molar-refractivity contribution in [2.24, 2.45) is 0 Å². The van der Waals surface area contributed by atoms with E-state index in [1.165, 1.54) is 11.1 Å². The Balaban J connectivity index is 1.93. The van der Waals surface area contributed by atoms with Crippen LogP contribution in [0.2, 0.25) is 0 Å². The van der Waals surface area contributed by atoms with Gasteiger partial charge in [-0.05, 0) is 34.4 Å². The zero-order valence-electron chi connectivity index (χ0n) is 10.8. The van der Waals surface area contributed by atoms with E-state index >= 15 is 0 Å². The maximum absolute atomic E-state index is 12.6. The van der Waals surface area contributed by atoms with E-state index in [2.05, 4.69) is 36.4 Å². The van der Waals surface area contributed by atoms with Crippen LogP contribution in [0.1, 0.15) is 0 Å². The molecule has 0 atom stereocenters. The molecule has 20 heavy (non-hydrogen) atoms. The zero-order valence-corrected chi connectivity index (χ0v) is 11.6. The molecule has 0 aliphatic heterocycles. The van der Waals surface area contributed by atoms with Gasteiger partial charge in [-0.15, -0.1) is 0 Å². The minimum absolute atomic E-state index is 0.278. The van der Waals surface area contributed by atoms with Crippen molar-refractivity contribution in [1.29, 1.82) is 0 Å². The fraction of sp³-hybridized carbons (Fsp3) is 0. The highest BCUT2D eigenvalue weighted by atomic mass is 32.2. The van der Waals surface area contributed by atoms with Gasteiger partial charge in [0, 0.05) is 4.90 Å². The van der Waals surface area contributed by atoms with Crippen LogP contribution < -0.4 is 0 Å². The van der Waals surface area contributed by atoms with Gasteiger partial charge in [0.05, 0.1) is 12.1 Å². The van der Waals surface area contributed by atoms with Crippen LogP contribution in [0.4, 0.5) is 3.89 Å². The van der Waals surface area contributed by atoms with E-state index in [1.54, 1.807) is 6.07 Å². The molecule has 3 rings (SSSR count). The molecule has 0 radical (unpaired) electrons. The second kappa shape index (κ2) is 5.93. The van der Waals surface area contributed by atoms with E-state index in [9.17, 15) is 3.89 Å². The van der Waals surface area contributed by atoms with Crippen LogP contribution in [0.25, 0.3) is 22.3 Å². The van der Waals surface area contributed by atoms with Gasteiger partial charge in [-0.1, -0.05) is 66.7 Å². The van der Waals surface area contributed by atoms with Gasteiger partial charge in [-0.2, -0.15) is 3.89 Å². The Hall–Kier alpha value is -2.06. The third-order valence-corrected chi connectivity index (χ3v) is 3.68. The lowest BCUT2D eigenvalue weighted by Crippen LogP contribution is -1.80. The maximum Gasteiger partial charge on any atom is 0.0812 e. The Labute approximate surface area is 122 Å². The first-order valence-corrected chi connectivity index (χ1v) is 7.13. The molecule has 0 heterocycles. The molecular weight excluding hydrogens is 267 g/mol. The number of rotatable bonds is 3. The molecule has 0 aliphatic rings. The fourth-order valence-corrected chi connectivity index (χ4v) is 2.51. The molecule has 0 unspecified atom stereocenters. The maximum atomic E-state index is 12.6. The summed E-state index contributed by atoms with van der Waals surface area (Å²) in [6.45, 7) is 0. The van der Waals surface area contributed by atoms with Gasteiger partial charge in [-0.25, -0.2) is 0 Å². The molecule has 0 spiro atoms. The summed E-state index contributed by atoms with van der Waals surface area (Å²) in [5, 5.41) is 0. The highest BCUT2D eigenvalue weighted by molar-refractivity contribution is 7.94. The molecular formula is C18H13FS. The van der Waals surface area contributed by atoms with Gasteiger partial charge in [0.1, 0.15) is 0 Å². The Morgan fingerprint density at radius 1 is 0.550 bits per heavy atom. The van der Waals surface area contributed by atoms with Crippen molar-refractivity contribution in [2.45, 2.75) is 4.90 Å². The van der Waals surface area contributed by atoms with Gasteiger partial charge >= 0.3 is 0 Å². The summed E-state index contributed by atoms with van der Waals surface area (Å²) in [6.07, 6.45) is 0. The molecule has 0 aromatic heterocycles. The van der Waals surface area contributed by atoms with E-state index in [1.807, 2.05) is 36.4 Å². The summed E-state index contributed by atoms with van der Waals surface area (Å²) in [5.41, 5.74) is 4.52. The first-order valence-electron chi connectivity index (χ1n) is 6.41. The van der Waals surface area contributed by atoms with Crippen LogP contribution in [0.3, 0.4) is 0 Å². The summed E-state index contributed by atoms with van der Waals surface area (Å²) in [5.74, 6) is 0. The highest BCUT2D eigenvalue weighted by Crippen LogP contribution is 2.28. The van der Waals surface area contributed by atoms with Crippen molar-refractivity contribution >= 4 is 12.1 Å². The lowest BCUT2D eigenvalue weighted by atomic mass is 10.0. The molecule has 0 aliphatic carbocycles. The normalized spacial score (nSPS) is 10.4. The molecule has 0 saturated heterocycles. The summed E-state index contributed by atoms with van der Waals surface area (Å²) < 4.78 is 12.6. The number of benzene rings is 3. The predicted molar refractivity (Wildman–Crippen MR) is 84.3 cm³/mol. The van der Waals surface area contributed by atoms with E-state index in [0.717, 1.165) is 11.1 Å².